The van der Waals surface area contributed by atoms with E-state index in [4.69, 9.17) is 4.74 Å². The zero-order valence-electron chi connectivity index (χ0n) is 11.4. The Balaban J connectivity index is 2.27. The normalized spacial score (nSPS) is 22.2. The van der Waals surface area contributed by atoms with E-state index in [-0.39, 0.29) is 12.6 Å². The van der Waals surface area contributed by atoms with Crippen molar-refractivity contribution in [1.82, 2.24) is 10.2 Å². The van der Waals surface area contributed by atoms with Crippen molar-refractivity contribution in [3.63, 3.8) is 0 Å². The van der Waals surface area contributed by atoms with Crippen LogP contribution in [-0.4, -0.2) is 49.4 Å². The molecule has 1 fully saturated rings. The molecule has 1 aromatic carbocycles. The Hall–Kier alpha value is -0.620. The third-order valence-electron chi connectivity index (χ3n) is 3.56. The van der Waals surface area contributed by atoms with E-state index in [0.717, 1.165) is 35.4 Å². The average Bonchev–Trinajstić information content (AvgIpc) is 2.40. The molecule has 0 aromatic heterocycles. The van der Waals surface area contributed by atoms with Crippen LogP contribution in [0.1, 0.15) is 18.5 Å². The van der Waals surface area contributed by atoms with E-state index in [2.05, 4.69) is 33.1 Å². The van der Waals surface area contributed by atoms with E-state index < -0.39 is 0 Å². The SMILES string of the molecule is COc1ccc(Br)cc1C(CO)N1CCNC(C)C1. The van der Waals surface area contributed by atoms with Crippen LogP contribution in [-0.2, 0) is 0 Å². The highest BCUT2D eigenvalue weighted by Crippen LogP contribution is 2.32. The Morgan fingerprint density at radius 2 is 2.37 bits per heavy atom. The first-order valence-electron chi connectivity index (χ1n) is 6.57. The number of aliphatic hydroxyl groups excluding tert-OH is 1. The summed E-state index contributed by atoms with van der Waals surface area (Å²) < 4.78 is 6.43. The number of benzene rings is 1. The number of hydrogen-bond donors (Lipinski definition) is 2. The predicted molar refractivity (Wildman–Crippen MR) is 79.6 cm³/mol. The van der Waals surface area contributed by atoms with Gasteiger partial charge in [0, 0.05) is 35.7 Å². The van der Waals surface area contributed by atoms with Gasteiger partial charge in [0.15, 0.2) is 0 Å². The minimum atomic E-state index is -0.0167. The molecule has 2 unspecified atom stereocenters. The van der Waals surface area contributed by atoms with Crippen LogP contribution < -0.4 is 10.1 Å². The molecule has 1 aliphatic rings. The molecule has 1 aromatic rings. The fourth-order valence-electron chi connectivity index (χ4n) is 2.62. The van der Waals surface area contributed by atoms with Gasteiger partial charge in [0.1, 0.15) is 5.75 Å². The van der Waals surface area contributed by atoms with Gasteiger partial charge in [-0.05, 0) is 25.1 Å². The topological polar surface area (TPSA) is 44.7 Å². The van der Waals surface area contributed by atoms with E-state index in [0.29, 0.717) is 6.04 Å². The lowest BCUT2D eigenvalue weighted by molar-refractivity contribution is 0.0945. The second-order valence-corrected chi connectivity index (χ2v) is 5.85. The molecule has 2 atom stereocenters. The van der Waals surface area contributed by atoms with Gasteiger partial charge in [0.2, 0.25) is 0 Å². The lowest BCUT2D eigenvalue weighted by Crippen LogP contribution is -2.51. The van der Waals surface area contributed by atoms with Crippen LogP contribution in [0.5, 0.6) is 5.75 Å². The second kappa shape index (κ2) is 6.70. The Kier molecular flexibility index (Phi) is 5.21. The molecule has 2 N–H and O–H groups in total. The lowest BCUT2D eigenvalue weighted by Gasteiger charge is -2.37. The summed E-state index contributed by atoms with van der Waals surface area (Å²) in [6.07, 6.45) is 0. The molecule has 0 saturated carbocycles. The van der Waals surface area contributed by atoms with Crippen molar-refractivity contribution >= 4 is 15.9 Å². The van der Waals surface area contributed by atoms with Crippen molar-refractivity contribution in [2.75, 3.05) is 33.4 Å². The number of rotatable bonds is 4. The Bertz CT molecular complexity index is 428. The molecule has 0 radical (unpaired) electrons. The van der Waals surface area contributed by atoms with Crippen molar-refractivity contribution in [3.8, 4) is 5.75 Å². The summed E-state index contributed by atoms with van der Waals surface area (Å²) in [7, 11) is 1.67. The fourth-order valence-corrected chi connectivity index (χ4v) is 3.00. The first kappa shape index (κ1) is 14.8. The molecule has 4 nitrogen and oxygen atoms in total. The fraction of sp³-hybridized carbons (Fsp3) is 0.571. The number of piperazine rings is 1. The van der Waals surface area contributed by atoms with Crippen LogP contribution >= 0.6 is 15.9 Å². The largest absolute Gasteiger partial charge is 0.496 e. The minimum Gasteiger partial charge on any atom is -0.496 e. The Morgan fingerprint density at radius 1 is 1.58 bits per heavy atom. The number of ether oxygens (including phenoxy) is 1. The van der Waals surface area contributed by atoms with Crippen LogP contribution in [0, 0.1) is 0 Å². The summed E-state index contributed by atoms with van der Waals surface area (Å²) in [6, 6.07) is 6.36. The molecule has 1 saturated heterocycles. The van der Waals surface area contributed by atoms with E-state index in [1.54, 1.807) is 7.11 Å². The smallest absolute Gasteiger partial charge is 0.123 e. The monoisotopic (exact) mass is 328 g/mol. The lowest BCUT2D eigenvalue weighted by atomic mass is 10.0. The van der Waals surface area contributed by atoms with Crippen LogP contribution in [0.25, 0.3) is 0 Å². The number of methoxy groups -OCH3 is 1. The zero-order valence-corrected chi connectivity index (χ0v) is 13.0. The minimum absolute atomic E-state index is 0.0167. The highest BCUT2D eigenvalue weighted by molar-refractivity contribution is 9.10. The average molecular weight is 329 g/mol. The summed E-state index contributed by atoms with van der Waals surface area (Å²) >= 11 is 3.49. The van der Waals surface area contributed by atoms with Gasteiger partial charge in [-0.2, -0.15) is 0 Å². The van der Waals surface area contributed by atoms with Crippen molar-refractivity contribution < 1.29 is 9.84 Å². The molecular weight excluding hydrogens is 308 g/mol. The zero-order chi connectivity index (χ0) is 13.8. The quantitative estimate of drug-likeness (QED) is 0.884. The highest BCUT2D eigenvalue weighted by Gasteiger charge is 2.26. The summed E-state index contributed by atoms with van der Waals surface area (Å²) in [6.45, 7) is 5.08. The maximum Gasteiger partial charge on any atom is 0.123 e. The second-order valence-electron chi connectivity index (χ2n) is 4.93. The molecule has 106 valence electrons. The third kappa shape index (κ3) is 3.48. The summed E-state index contributed by atoms with van der Waals surface area (Å²) in [5.41, 5.74) is 1.04. The van der Waals surface area contributed by atoms with Gasteiger partial charge in [-0.25, -0.2) is 0 Å². The Morgan fingerprint density at radius 3 is 3.00 bits per heavy atom. The van der Waals surface area contributed by atoms with Gasteiger partial charge in [-0.1, -0.05) is 15.9 Å². The number of nitrogens with one attached hydrogen (secondary N) is 1. The number of aliphatic hydroxyl groups is 1. The third-order valence-corrected chi connectivity index (χ3v) is 4.06. The van der Waals surface area contributed by atoms with E-state index >= 15 is 0 Å². The molecular formula is C14H21BrN2O2. The Labute approximate surface area is 122 Å². The number of hydrogen-bond acceptors (Lipinski definition) is 4. The van der Waals surface area contributed by atoms with Gasteiger partial charge >= 0.3 is 0 Å². The van der Waals surface area contributed by atoms with E-state index in [1.165, 1.54) is 0 Å². The highest BCUT2D eigenvalue weighted by atomic mass is 79.9. The van der Waals surface area contributed by atoms with E-state index in [1.807, 2.05) is 18.2 Å². The maximum atomic E-state index is 9.80. The van der Waals surface area contributed by atoms with Gasteiger partial charge in [-0.15, -0.1) is 0 Å². The molecule has 0 bridgehead atoms. The van der Waals surface area contributed by atoms with Crippen molar-refractivity contribution in [2.45, 2.75) is 19.0 Å². The van der Waals surface area contributed by atoms with Crippen LogP contribution in [0.15, 0.2) is 22.7 Å². The van der Waals surface area contributed by atoms with Crippen LogP contribution in [0.4, 0.5) is 0 Å². The molecule has 0 spiro atoms. The molecule has 0 amide bonds. The summed E-state index contributed by atoms with van der Waals surface area (Å²) in [4.78, 5) is 2.31. The summed E-state index contributed by atoms with van der Waals surface area (Å²) in [5.74, 6) is 0.827. The van der Waals surface area contributed by atoms with Crippen molar-refractivity contribution in [2.24, 2.45) is 0 Å². The van der Waals surface area contributed by atoms with Crippen LogP contribution in [0.3, 0.4) is 0 Å². The number of halogens is 1. The molecule has 19 heavy (non-hydrogen) atoms. The maximum absolute atomic E-state index is 9.80. The molecule has 1 heterocycles. The standard InChI is InChI=1S/C14H21BrN2O2/c1-10-8-17(6-5-16-10)13(9-18)12-7-11(15)3-4-14(12)19-2/h3-4,7,10,13,16,18H,5-6,8-9H2,1-2H3. The molecule has 0 aliphatic carbocycles. The summed E-state index contributed by atoms with van der Waals surface area (Å²) in [5, 5.41) is 13.2. The molecule has 1 aliphatic heterocycles. The van der Waals surface area contributed by atoms with Crippen LogP contribution in [0.2, 0.25) is 0 Å². The molecule has 5 heteroatoms. The van der Waals surface area contributed by atoms with Gasteiger partial charge in [0.05, 0.1) is 19.8 Å². The van der Waals surface area contributed by atoms with Crippen molar-refractivity contribution in [1.29, 1.82) is 0 Å². The van der Waals surface area contributed by atoms with Gasteiger partial charge in [0.25, 0.3) is 0 Å². The first-order valence-corrected chi connectivity index (χ1v) is 7.36. The predicted octanol–water partition coefficient (Wildman–Crippen LogP) is 1.78. The van der Waals surface area contributed by atoms with E-state index in [9.17, 15) is 5.11 Å². The first-order chi connectivity index (χ1) is 9.15. The number of nitrogens with zero attached hydrogens (tertiary/aromatic N) is 1. The van der Waals surface area contributed by atoms with Gasteiger partial charge < -0.3 is 15.2 Å². The molecule has 2 rings (SSSR count). The van der Waals surface area contributed by atoms with Gasteiger partial charge in [-0.3, -0.25) is 4.90 Å². The van der Waals surface area contributed by atoms with Crippen molar-refractivity contribution in [3.05, 3.63) is 28.2 Å².